The largest absolute Gasteiger partial charge is 0.469 e. The third-order valence-electron chi connectivity index (χ3n) is 2.46. The van der Waals surface area contributed by atoms with Crippen molar-refractivity contribution >= 4 is 35.3 Å². The third kappa shape index (κ3) is 3.16. The Hall–Kier alpha value is -1.78. The number of nitrogens with zero attached hydrogens (tertiary/aromatic N) is 1. The molecular weight excluding hydrogens is 287 g/mol. The van der Waals surface area contributed by atoms with Gasteiger partial charge in [-0.2, -0.15) is 5.10 Å². The number of hydrogen-bond donors (Lipinski definition) is 1. The number of hydrogen-bond acceptors (Lipinski definition) is 3. The number of halogens is 2. The molecule has 0 atom stereocenters. The van der Waals surface area contributed by atoms with Crippen LogP contribution in [-0.2, 0) is 0 Å². The number of aryl methyl sites for hydroxylation is 1. The van der Waals surface area contributed by atoms with Crippen LogP contribution in [0.3, 0.4) is 0 Å². The first kappa shape index (κ1) is 13.6. The fourth-order valence-corrected chi connectivity index (χ4v) is 1.97. The van der Waals surface area contributed by atoms with E-state index in [2.05, 4.69) is 10.5 Å². The zero-order valence-corrected chi connectivity index (χ0v) is 11.5. The van der Waals surface area contributed by atoms with Crippen molar-refractivity contribution in [3.8, 4) is 0 Å². The Morgan fingerprint density at radius 3 is 2.58 bits per heavy atom. The molecule has 98 valence electrons. The summed E-state index contributed by atoms with van der Waals surface area (Å²) in [6, 6.07) is 6.69. The molecule has 0 bridgehead atoms. The van der Waals surface area contributed by atoms with Crippen molar-refractivity contribution in [1.82, 2.24) is 5.43 Å². The van der Waals surface area contributed by atoms with E-state index in [1.807, 2.05) is 0 Å². The standard InChI is InChI=1S/C13H10Cl2N2O2/c1-8-9(5-6-19-8)13(18)17-16-7-10-11(14)3-2-4-12(10)15/h2-7H,1H3,(H,17,18)/b16-7-. The Kier molecular flexibility index (Phi) is 4.24. The summed E-state index contributed by atoms with van der Waals surface area (Å²) in [6.45, 7) is 1.70. The van der Waals surface area contributed by atoms with Gasteiger partial charge in [-0.1, -0.05) is 29.3 Å². The van der Waals surface area contributed by atoms with Crippen LogP contribution in [0.15, 0.2) is 40.0 Å². The van der Waals surface area contributed by atoms with Crippen molar-refractivity contribution in [3.63, 3.8) is 0 Å². The molecule has 1 aromatic carbocycles. The minimum absolute atomic E-state index is 0.356. The summed E-state index contributed by atoms with van der Waals surface area (Å²) in [7, 11) is 0. The second-order valence-corrected chi connectivity index (χ2v) is 4.54. The molecule has 0 radical (unpaired) electrons. The highest BCUT2D eigenvalue weighted by atomic mass is 35.5. The highest BCUT2D eigenvalue weighted by molar-refractivity contribution is 6.38. The van der Waals surface area contributed by atoms with E-state index in [0.29, 0.717) is 26.9 Å². The zero-order valence-electron chi connectivity index (χ0n) is 9.98. The Bertz CT molecular complexity index is 615. The van der Waals surface area contributed by atoms with E-state index in [1.54, 1.807) is 31.2 Å². The van der Waals surface area contributed by atoms with Crippen LogP contribution in [0.5, 0.6) is 0 Å². The van der Waals surface area contributed by atoms with E-state index in [-0.39, 0.29) is 5.91 Å². The molecule has 0 unspecified atom stereocenters. The SMILES string of the molecule is Cc1occc1C(=O)N/N=C\c1c(Cl)cccc1Cl. The molecule has 1 N–H and O–H groups in total. The molecular formula is C13H10Cl2N2O2. The van der Waals surface area contributed by atoms with Gasteiger partial charge in [0.1, 0.15) is 5.76 Å². The normalized spacial score (nSPS) is 10.9. The van der Waals surface area contributed by atoms with E-state index in [9.17, 15) is 4.79 Å². The fraction of sp³-hybridized carbons (Fsp3) is 0.0769. The molecule has 0 aliphatic rings. The Morgan fingerprint density at radius 2 is 2.00 bits per heavy atom. The van der Waals surface area contributed by atoms with Gasteiger partial charge >= 0.3 is 0 Å². The number of carbonyl (C=O) groups is 1. The number of carbonyl (C=O) groups excluding carboxylic acids is 1. The summed E-state index contributed by atoms with van der Waals surface area (Å²) in [5, 5.41) is 4.75. The second-order valence-electron chi connectivity index (χ2n) is 3.72. The monoisotopic (exact) mass is 296 g/mol. The molecule has 0 aliphatic carbocycles. The highest BCUT2D eigenvalue weighted by Gasteiger charge is 2.10. The molecule has 0 spiro atoms. The van der Waals surface area contributed by atoms with E-state index < -0.39 is 0 Å². The van der Waals surface area contributed by atoms with Gasteiger partial charge in [0.15, 0.2) is 0 Å². The molecule has 1 amide bonds. The van der Waals surface area contributed by atoms with Crippen LogP contribution in [0.2, 0.25) is 10.0 Å². The predicted molar refractivity (Wildman–Crippen MR) is 75.0 cm³/mol. The molecule has 0 saturated carbocycles. The molecule has 6 heteroatoms. The Balaban J connectivity index is 2.09. The molecule has 1 aromatic heterocycles. The lowest BCUT2D eigenvalue weighted by Gasteiger charge is -2.01. The molecule has 0 saturated heterocycles. The Labute approximate surface area is 120 Å². The zero-order chi connectivity index (χ0) is 13.8. The van der Waals surface area contributed by atoms with Crippen molar-refractivity contribution < 1.29 is 9.21 Å². The van der Waals surface area contributed by atoms with Crippen LogP contribution in [0.1, 0.15) is 21.7 Å². The molecule has 0 aliphatic heterocycles. The average molecular weight is 297 g/mol. The molecule has 2 rings (SSSR count). The maximum absolute atomic E-state index is 11.7. The second kappa shape index (κ2) is 5.91. The number of hydrazone groups is 1. The molecule has 1 heterocycles. The topological polar surface area (TPSA) is 54.6 Å². The summed E-state index contributed by atoms with van der Waals surface area (Å²) in [5.41, 5.74) is 3.37. The maximum atomic E-state index is 11.7. The lowest BCUT2D eigenvalue weighted by atomic mass is 10.2. The fourth-order valence-electron chi connectivity index (χ4n) is 1.47. The van der Waals surface area contributed by atoms with E-state index in [0.717, 1.165) is 0 Å². The van der Waals surface area contributed by atoms with Gasteiger partial charge in [0, 0.05) is 5.56 Å². The molecule has 0 fully saturated rings. The maximum Gasteiger partial charge on any atom is 0.274 e. The van der Waals surface area contributed by atoms with Gasteiger partial charge in [-0.05, 0) is 25.1 Å². The number of amides is 1. The summed E-state index contributed by atoms with van der Waals surface area (Å²) in [4.78, 5) is 11.7. The van der Waals surface area contributed by atoms with Gasteiger partial charge in [0.2, 0.25) is 0 Å². The summed E-state index contributed by atoms with van der Waals surface area (Å²) in [5.74, 6) is 0.175. The molecule has 4 nitrogen and oxygen atoms in total. The predicted octanol–water partition coefficient (Wildman–Crippen LogP) is 3.66. The highest BCUT2D eigenvalue weighted by Crippen LogP contribution is 2.22. The van der Waals surface area contributed by atoms with Crippen LogP contribution in [-0.4, -0.2) is 12.1 Å². The minimum Gasteiger partial charge on any atom is -0.469 e. The summed E-state index contributed by atoms with van der Waals surface area (Å²) >= 11 is 11.9. The Morgan fingerprint density at radius 1 is 1.32 bits per heavy atom. The van der Waals surface area contributed by atoms with Crippen molar-refractivity contribution in [3.05, 3.63) is 57.5 Å². The van der Waals surface area contributed by atoms with Gasteiger partial charge in [-0.15, -0.1) is 0 Å². The first-order chi connectivity index (χ1) is 9.09. The van der Waals surface area contributed by atoms with Crippen LogP contribution in [0.4, 0.5) is 0 Å². The van der Waals surface area contributed by atoms with Crippen LogP contribution >= 0.6 is 23.2 Å². The van der Waals surface area contributed by atoms with Crippen molar-refractivity contribution in [1.29, 1.82) is 0 Å². The van der Waals surface area contributed by atoms with Crippen LogP contribution in [0, 0.1) is 6.92 Å². The van der Waals surface area contributed by atoms with E-state index in [1.165, 1.54) is 12.5 Å². The minimum atomic E-state index is -0.356. The number of rotatable bonds is 3. The van der Waals surface area contributed by atoms with Gasteiger partial charge in [0.25, 0.3) is 5.91 Å². The summed E-state index contributed by atoms with van der Waals surface area (Å²) < 4.78 is 5.03. The van der Waals surface area contributed by atoms with Crippen molar-refractivity contribution in [2.45, 2.75) is 6.92 Å². The molecule has 2 aromatic rings. The van der Waals surface area contributed by atoms with Crippen molar-refractivity contribution in [2.24, 2.45) is 5.10 Å². The quantitative estimate of drug-likeness (QED) is 0.694. The lowest BCUT2D eigenvalue weighted by Crippen LogP contribution is -2.17. The van der Waals surface area contributed by atoms with Gasteiger partial charge in [-0.3, -0.25) is 4.79 Å². The van der Waals surface area contributed by atoms with E-state index in [4.69, 9.17) is 27.6 Å². The van der Waals surface area contributed by atoms with Crippen LogP contribution < -0.4 is 5.43 Å². The van der Waals surface area contributed by atoms with Crippen LogP contribution in [0.25, 0.3) is 0 Å². The third-order valence-corrected chi connectivity index (χ3v) is 3.12. The number of nitrogens with one attached hydrogen (secondary N) is 1. The van der Waals surface area contributed by atoms with Gasteiger partial charge in [-0.25, -0.2) is 5.43 Å². The number of benzene rings is 1. The lowest BCUT2D eigenvalue weighted by molar-refractivity contribution is 0.0953. The van der Waals surface area contributed by atoms with Gasteiger partial charge < -0.3 is 4.42 Å². The number of furan rings is 1. The average Bonchev–Trinajstić information content (AvgIpc) is 2.79. The molecule has 19 heavy (non-hydrogen) atoms. The van der Waals surface area contributed by atoms with Crippen molar-refractivity contribution in [2.75, 3.05) is 0 Å². The first-order valence-electron chi connectivity index (χ1n) is 5.41. The summed E-state index contributed by atoms with van der Waals surface area (Å²) in [6.07, 6.45) is 2.84. The first-order valence-corrected chi connectivity index (χ1v) is 6.16. The van der Waals surface area contributed by atoms with Gasteiger partial charge in [0.05, 0.1) is 28.1 Å². The smallest absolute Gasteiger partial charge is 0.274 e. The van der Waals surface area contributed by atoms with E-state index >= 15 is 0 Å².